The summed E-state index contributed by atoms with van der Waals surface area (Å²) in [6.45, 7) is 4.55. The molecule has 1 saturated heterocycles. The Morgan fingerprint density at radius 1 is 1.29 bits per heavy atom. The maximum atomic E-state index is 12.7. The van der Waals surface area contributed by atoms with Gasteiger partial charge in [0.15, 0.2) is 0 Å². The molecule has 0 radical (unpaired) electrons. The van der Waals surface area contributed by atoms with Crippen LogP contribution in [0.25, 0.3) is 0 Å². The number of benzene rings is 1. The van der Waals surface area contributed by atoms with Gasteiger partial charge in [0.2, 0.25) is 11.8 Å². The Morgan fingerprint density at radius 3 is 2.57 bits per heavy atom. The standard InChI is InChI=1S/C16H22N2O2S/c1-11(21-3)9-10-18-12(2)15(19)17-14(16(18)20)13-7-5-4-6-8-13/h4-8,11-12,14H,9-10H2,1-3H3,(H,17,19). The second-order valence-electron chi connectivity index (χ2n) is 5.39. The highest BCUT2D eigenvalue weighted by molar-refractivity contribution is 7.99. The highest BCUT2D eigenvalue weighted by Crippen LogP contribution is 2.23. The quantitative estimate of drug-likeness (QED) is 0.907. The van der Waals surface area contributed by atoms with E-state index in [0.29, 0.717) is 11.8 Å². The number of hydrogen-bond acceptors (Lipinski definition) is 3. The second-order valence-corrected chi connectivity index (χ2v) is 6.67. The van der Waals surface area contributed by atoms with Crippen LogP contribution in [0.1, 0.15) is 31.9 Å². The van der Waals surface area contributed by atoms with E-state index >= 15 is 0 Å². The molecular formula is C16H22N2O2S. The average Bonchev–Trinajstić information content (AvgIpc) is 2.51. The van der Waals surface area contributed by atoms with E-state index in [4.69, 9.17) is 0 Å². The van der Waals surface area contributed by atoms with E-state index in [0.717, 1.165) is 12.0 Å². The monoisotopic (exact) mass is 306 g/mol. The van der Waals surface area contributed by atoms with Gasteiger partial charge >= 0.3 is 0 Å². The topological polar surface area (TPSA) is 49.4 Å². The first-order valence-electron chi connectivity index (χ1n) is 7.23. The summed E-state index contributed by atoms with van der Waals surface area (Å²) in [5, 5.41) is 3.31. The molecule has 0 saturated carbocycles. The van der Waals surface area contributed by atoms with Gasteiger partial charge in [-0.3, -0.25) is 9.59 Å². The number of hydrogen-bond donors (Lipinski definition) is 1. The summed E-state index contributed by atoms with van der Waals surface area (Å²) in [6, 6.07) is 8.47. The van der Waals surface area contributed by atoms with Crippen LogP contribution in [0.5, 0.6) is 0 Å². The Kier molecular flexibility index (Phi) is 5.28. The van der Waals surface area contributed by atoms with Gasteiger partial charge in [0.05, 0.1) is 0 Å². The highest BCUT2D eigenvalue weighted by atomic mass is 32.2. The first-order chi connectivity index (χ1) is 10.0. The molecule has 2 rings (SSSR count). The summed E-state index contributed by atoms with van der Waals surface area (Å²) >= 11 is 1.78. The molecule has 21 heavy (non-hydrogen) atoms. The van der Waals surface area contributed by atoms with Crippen LogP contribution in [-0.2, 0) is 9.59 Å². The third kappa shape index (κ3) is 3.59. The van der Waals surface area contributed by atoms with Gasteiger partial charge in [-0.15, -0.1) is 0 Å². The lowest BCUT2D eigenvalue weighted by Gasteiger charge is -2.38. The fourth-order valence-corrected chi connectivity index (χ4v) is 2.78. The summed E-state index contributed by atoms with van der Waals surface area (Å²) in [5.74, 6) is -0.0955. The molecule has 3 atom stereocenters. The number of nitrogens with one attached hydrogen (secondary N) is 1. The molecule has 4 nitrogen and oxygen atoms in total. The van der Waals surface area contributed by atoms with Crippen LogP contribution in [0.3, 0.4) is 0 Å². The van der Waals surface area contributed by atoms with Crippen LogP contribution >= 0.6 is 11.8 Å². The van der Waals surface area contributed by atoms with E-state index in [2.05, 4.69) is 18.5 Å². The average molecular weight is 306 g/mol. The number of carbonyl (C=O) groups excluding carboxylic acids is 2. The summed E-state index contributed by atoms with van der Waals surface area (Å²) in [5.41, 5.74) is 0.839. The summed E-state index contributed by atoms with van der Waals surface area (Å²) in [4.78, 5) is 26.5. The van der Waals surface area contributed by atoms with Crippen molar-refractivity contribution in [3.05, 3.63) is 35.9 Å². The van der Waals surface area contributed by atoms with Crippen molar-refractivity contribution in [2.24, 2.45) is 0 Å². The molecular weight excluding hydrogens is 284 g/mol. The fourth-order valence-electron chi connectivity index (χ4n) is 2.44. The van der Waals surface area contributed by atoms with Crippen LogP contribution in [-0.4, -0.2) is 40.8 Å². The molecule has 114 valence electrons. The highest BCUT2D eigenvalue weighted by Gasteiger charge is 2.38. The summed E-state index contributed by atoms with van der Waals surface area (Å²) in [7, 11) is 0. The zero-order valence-electron chi connectivity index (χ0n) is 12.7. The largest absolute Gasteiger partial charge is 0.339 e. The molecule has 5 heteroatoms. The van der Waals surface area contributed by atoms with Gasteiger partial charge in [-0.25, -0.2) is 0 Å². The summed E-state index contributed by atoms with van der Waals surface area (Å²) in [6.07, 6.45) is 2.96. The van der Waals surface area contributed by atoms with Crippen LogP contribution in [0, 0.1) is 0 Å². The van der Waals surface area contributed by atoms with Crippen molar-refractivity contribution < 1.29 is 9.59 Å². The van der Waals surface area contributed by atoms with E-state index in [1.54, 1.807) is 23.6 Å². The zero-order chi connectivity index (χ0) is 15.4. The predicted molar refractivity (Wildman–Crippen MR) is 86.1 cm³/mol. The third-order valence-electron chi connectivity index (χ3n) is 3.98. The molecule has 0 aliphatic carbocycles. The minimum absolute atomic E-state index is 0.0124. The minimum atomic E-state index is -0.556. The van der Waals surface area contributed by atoms with Crippen LogP contribution in [0.4, 0.5) is 0 Å². The molecule has 0 aromatic heterocycles. The lowest BCUT2D eigenvalue weighted by atomic mass is 10.0. The molecule has 0 spiro atoms. The first-order valence-corrected chi connectivity index (χ1v) is 8.52. The van der Waals surface area contributed by atoms with E-state index in [1.165, 1.54) is 0 Å². The van der Waals surface area contributed by atoms with Gasteiger partial charge in [-0.2, -0.15) is 11.8 Å². The van der Waals surface area contributed by atoms with Crippen molar-refractivity contribution in [2.75, 3.05) is 12.8 Å². The summed E-state index contributed by atoms with van der Waals surface area (Å²) < 4.78 is 0. The molecule has 1 N–H and O–H groups in total. The molecule has 1 fully saturated rings. The molecule has 1 aliphatic rings. The van der Waals surface area contributed by atoms with Gasteiger partial charge in [-0.05, 0) is 25.2 Å². The van der Waals surface area contributed by atoms with Gasteiger partial charge in [0.25, 0.3) is 0 Å². The van der Waals surface area contributed by atoms with Crippen molar-refractivity contribution in [2.45, 2.75) is 37.6 Å². The fraction of sp³-hybridized carbons (Fsp3) is 0.500. The van der Waals surface area contributed by atoms with Crippen LogP contribution in [0.2, 0.25) is 0 Å². The number of piperazine rings is 1. The molecule has 1 aromatic rings. The predicted octanol–water partition coefficient (Wildman–Crippen LogP) is 2.22. The van der Waals surface area contributed by atoms with Gasteiger partial charge in [0.1, 0.15) is 12.1 Å². The molecule has 2 amide bonds. The minimum Gasteiger partial charge on any atom is -0.339 e. The number of rotatable bonds is 5. The number of amides is 2. The van der Waals surface area contributed by atoms with Crippen molar-refractivity contribution >= 4 is 23.6 Å². The second kappa shape index (κ2) is 6.98. The Morgan fingerprint density at radius 2 is 1.95 bits per heavy atom. The van der Waals surface area contributed by atoms with Crippen molar-refractivity contribution in [1.82, 2.24) is 10.2 Å². The van der Waals surface area contributed by atoms with Gasteiger partial charge in [-0.1, -0.05) is 37.3 Å². The smallest absolute Gasteiger partial charge is 0.250 e. The number of nitrogens with zero attached hydrogens (tertiary/aromatic N) is 1. The molecule has 1 aromatic carbocycles. The number of carbonyl (C=O) groups is 2. The van der Waals surface area contributed by atoms with Crippen molar-refractivity contribution in [3.63, 3.8) is 0 Å². The zero-order valence-corrected chi connectivity index (χ0v) is 13.5. The maximum absolute atomic E-state index is 12.7. The van der Waals surface area contributed by atoms with Crippen molar-refractivity contribution in [1.29, 1.82) is 0 Å². The molecule has 1 aliphatic heterocycles. The first kappa shape index (κ1) is 15.9. The van der Waals surface area contributed by atoms with E-state index < -0.39 is 12.1 Å². The van der Waals surface area contributed by atoms with Crippen LogP contribution in [0.15, 0.2) is 30.3 Å². The SMILES string of the molecule is CSC(C)CCN1C(=O)C(c2ccccc2)NC(=O)C1C. The lowest BCUT2D eigenvalue weighted by Crippen LogP contribution is -2.58. The van der Waals surface area contributed by atoms with E-state index in [-0.39, 0.29) is 11.8 Å². The Labute approximate surface area is 130 Å². The number of thioether (sulfide) groups is 1. The molecule has 3 unspecified atom stereocenters. The maximum Gasteiger partial charge on any atom is 0.250 e. The van der Waals surface area contributed by atoms with Gasteiger partial charge < -0.3 is 10.2 Å². The Bertz CT molecular complexity index is 506. The van der Waals surface area contributed by atoms with Gasteiger partial charge in [0, 0.05) is 11.8 Å². The van der Waals surface area contributed by atoms with E-state index in [9.17, 15) is 9.59 Å². The third-order valence-corrected chi connectivity index (χ3v) is 5.02. The molecule has 1 heterocycles. The van der Waals surface area contributed by atoms with Crippen LogP contribution < -0.4 is 5.32 Å². The van der Waals surface area contributed by atoms with E-state index in [1.807, 2.05) is 30.3 Å². The lowest BCUT2D eigenvalue weighted by molar-refractivity contribution is -0.148. The normalized spacial score (nSPS) is 23.9. The molecule has 0 bridgehead atoms. The Hall–Kier alpha value is -1.49. The van der Waals surface area contributed by atoms with Crippen molar-refractivity contribution in [3.8, 4) is 0 Å². The Balaban J connectivity index is 2.15.